The lowest BCUT2D eigenvalue weighted by Gasteiger charge is -2.15. The number of hydrogen-bond acceptors (Lipinski definition) is 3. The fraction of sp³-hybridized carbons (Fsp3) is 0.100. The standard InChI is InChI=1S/C10H9NO2/c12-9-6-5-8-3-1-2-4-10(8)11(13)7-9/h1-6,13H,7H2. The predicted octanol–water partition coefficient (Wildman–Crippen LogP) is 1.48. The average Bonchev–Trinajstić information content (AvgIpc) is 2.27. The number of para-hydroxylation sites is 1. The highest BCUT2D eigenvalue weighted by atomic mass is 16.5. The number of hydrogen-bond donors (Lipinski definition) is 1. The molecule has 0 unspecified atom stereocenters. The fourth-order valence-corrected chi connectivity index (χ4v) is 1.33. The van der Waals surface area contributed by atoms with Crippen LogP contribution in [0.2, 0.25) is 0 Å². The molecular formula is C10H9NO2. The van der Waals surface area contributed by atoms with Gasteiger partial charge in [0, 0.05) is 5.56 Å². The van der Waals surface area contributed by atoms with Crippen LogP contribution in [0.1, 0.15) is 5.56 Å². The Labute approximate surface area is 75.9 Å². The molecule has 0 saturated heterocycles. The highest BCUT2D eigenvalue weighted by molar-refractivity contribution is 5.99. The Bertz CT molecular complexity index is 371. The highest BCUT2D eigenvalue weighted by Crippen LogP contribution is 2.22. The molecule has 2 rings (SSSR count). The second kappa shape index (κ2) is 3.03. The molecule has 13 heavy (non-hydrogen) atoms. The predicted molar refractivity (Wildman–Crippen MR) is 49.6 cm³/mol. The van der Waals surface area contributed by atoms with Crippen molar-refractivity contribution in [1.29, 1.82) is 0 Å². The molecule has 3 nitrogen and oxygen atoms in total. The topological polar surface area (TPSA) is 40.5 Å². The normalized spacial score (nSPS) is 15.5. The summed E-state index contributed by atoms with van der Waals surface area (Å²) in [5.41, 5.74) is 1.53. The summed E-state index contributed by atoms with van der Waals surface area (Å²) in [6.45, 7) is 0.0213. The van der Waals surface area contributed by atoms with Crippen LogP contribution in [0.5, 0.6) is 0 Å². The molecule has 0 aliphatic carbocycles. The Morgan fingerprint density at radius 2 is 2.00 bits per heavy atom. The number of fused-ring (bicyclic) bond motifs is 1. The molecule has 0 bridgehead atoms. The molecule has 1 heterocycles. The minimum atomic E-state index is -0.0984. The molecule has 66 valence electrons. The van der Waals surface area contributed by atoms with Gasteiger partial charge in [-0.1, -0.05) is 18.2 Å². The lowest BCUT2D eigenvalue weighted by Crippen LogP contribution is -2.24. The minimum Gasteiger partial charge on any atom is -0.293 e. The van der Waals surface area contributed by atoms with E-state index in [9.17, 15) is 10.0 Å². The Kier molecular flexibility index (Phi) is 1.87. The van der Waals surface area contributed by atoms with E-state index in [1.807, 2.05) is 18.2 Å². The molecule has 0 amide bonds. The Morgan fingerprint density at radius 1 is 1.23 bits per heavy atom. The first kappa shape index (κ1) is 8.01. The van der Waals surface area contributed by atoms with E-state index in [4.69, 9.17) is 0 Å². The molecule has 1 N–H and O–H groups in total. The zero-order valence-corrected chi connectivity index (χ0v) is 6.97. The van der Waals surface area contributed by atoms with Gasteiger partial charge in [0.05, 0.1) is 5.69 Å². The maximum Gasteiger partial charge on any atom is 0.177 e. The van der Waals surface area contributed by atoms with Gasteiger partial charge < -0.3 is 0 Å². The lowest BCUT2D eigenvalue weighted by atomic mass is 10.2. The zero-order chi connectivity index (χ0) is 9.26. The van der Waals surface area contributed by atoms with Crippen LogP contribution in [0.15, 0.2) is 30.3 Å². The summed E-state index contributed by atoms with van der Waals surface area (Å²) in [4.78, 5) is 11.1. The van der Waals surface area contributed by atoms with E-state index in [2.05, 4.69) is 0 Å². The van der Waals surface area contributed by atoms with Crippen molar-refractivity contribution in [3.05, 3.63) is 35.9 Å². The van der Waals surface area contributed by atoms with Gasteiger partial charge in [-0.05, 0) is 18.2 Å². The first-order valence-electron chi connectivity index (χ1n) is 4.04. The van der Waals surface area contributed by atoms with Crippen molar-refractivity contribution < 1.29 is 10.0 Å². The van der Waals surface area contributed by atoms with Crippen molar-refractivity contribution in [2.24, 2.45) is 0 Å². The number of rotatable bonds is 0. The summed E-state index contributed by atoms with van der Waals surface area (Å²) < 4.78 is 0. The first-order chi connectivity index (χ1) is 6.27. The smallest absolute Gasteiger partial charge is 0.177 e. The maximum atomic E-state index is 11.1. The van der Waals surface area contributed by atoms with Crippen molar-refractivity contribution in [2.75, 3.05) is 11.6 Å². The number of carbonyl (C=O) groups excluding carboxylic acids is 1. The second-order valence-electron chi connectivity index (χ2n) is 2.92. The van der Waals surface area contributed by atoms with E-state index in [0.29, 0.717) is 5.69 Å². The minimum absolute atomic E-state index is 0.0213. The molecule has 3 heteroatoms. The Morgan fingerprint density at radius 3 is 2.85 bits per heavy atom. The van der Waals surface area contributed by atoms with Gasteiger partial charge in [-0.15, -0.1) is 0 Å². The molecule has 0 fully saturated rings. The molecule has 0 saturated carbocycles. The van der Waals surface area contributed by atoms with E-state index in [1.165, 1.54) is 6.08 Å². The van der Waals surface area contributed by atoms with E-state index in [1.54, 1.807) is 12.1 Å². The first-order valence-corrected chi connectivity index (χ1v) is 4.04. The van der Waals surface area contributed by atoms with Crippen LogP contribution < -0.4 is 5.06 Å². The molecule has 0 spiro atoms. The Balaban J connectivity index is 2.51. The van der Waals surface area contributed by atoms with E-state index < -0.39 is 0 Å². The van der Waals surface area contributed by atoms with E-state index >= 15 is 0 Å². The van der Waals surface area contributed by atoms with Crippen molar-refractivity contribution >= 4 is 17.5 Å². The number of hydroxylamine groups is 1. The van der Waals surface area contributed by atoms with Crippen molar-refractivity contribution in [3.8, 4) is 0 Å². The van der Waals surface area contributed by atoms with Gasteiger partial charge in [0.2, 0.25) is 0 Å². The van der Waals surface area contributed by atoms with Gasteiger partial charge in [-0.2, -0.15) is 0 Å². The van der Waals surface area contributed by atoms with Crippen molar-refractivity contribution in [3.63, 3.8) is 0 Å². The number of benzene rings is 1. The van der Waals surface area contributed by atoms with Gasteiger partial charge in [-0.25, -0.2) is 5.06 Å². The summed E-state index contributed by atoms with van der Waals surface area (Å²) >= 11 is 0. The van der Waals surface area contributed by atoms with Crippen molar-refractivity contribution in [1.82, 2.24) is 0 Å². The van der Waals surface area contributed by atoms with Crippen LogP contribution in [0.3, 0.4) is 0 Å². The van der Waals surface area contributed by atoms with E-state index in [-0.39, 0.29) is 12.3 Å². The van der Waals surface area contributed by atoms with Crippen LogP contribution in [0.4, 0.5) is 5.69 Å². The third-order valence-electron chi connectivity index (χ3n) is 1.97. The fourth-order valence-electron chi connectivity index (χ4n) is 1.33. The number of nitrogens with zero attached hydrogens (tertiary/aromatic N) is 1. The van der Waals surface area contributed by atoms with E-state index in [0.717, 1.165) is 10.6 Å². The molecule has 1 aliphatic rings. The number of carbonyl (C=O) groups is 1. The molecular weight excluding hydrogens is 166 g/mol. The molecule has 1 aliphatic heterocycles. The van der Waals surface area contributed by atoms with Crippen molar-refractivity contribution in [2.45, 2.75) is 0 Å². The van der Waals surface area contributed by atoms with Crippen LogP contribution in [0.25, 0.3) is 6.08 Å². The second-order valence-corrected chi connectivity index (χ2v) is 2.92. The maximum absolute atomic E-state index is 11.1. The van der Waals surface area contributed by atoms with Gasteiger partial charge in [0.1, 0.15) is 6.54 Å². The third kappa shape index (κ3) is 1.46. The van der Waals surface area contributed by atoms with Crippen LogP contribution in [-0.2, 0) is 4.79 Å². The van der Waals surface area contributed by atoms with Gasteiger partial charge >= 0.3 is 0 Å². The van der Waals surface area contributed by atoms with Gasteiger partial charge in [0.15, 0.2) is 5.78 Å². The third-order valence-corrected chi connectivity index (χ3v) is 1.97. The van der Waals surface area contributed by atoms with Crippen LogP contribution in [-0.4, -0.2) is 17.5 Å². The molecule has 0 atom stereocenters. The summed E-state index contributed by atoms with van der Waals surface area (Å²) in [5, 5.41) is 10.5. The summed E-state index contributed by atoms with van der Waals surface area (Å²) in [5.74, 6) is -0.0984. The van der Waals surface area contributed by atoms with Crippen LogP contribution in [0, 0.1) is 0 Å². The molecule has 0 radical (unpaired) electrons. The number of anilines is 1. The largest absolute Gasteiger partial charge is 0.293 e. The lowest BCUT2D eigenvalue weighted by molar-refractivity contribution is -0.114. The summed E-state index contributed by atoms with van der Waals surface area (Å²) in [6.07, 6.45) is 3.20. The molecule has 1 aromatic carbocycles. The SMILES string of the molecule is O=C1C=Cc2ccccc2N(O)C1. The summed E-state index contributed by atoms with van der Waals surface area (Å²) in [6, 6.07) is 7.32. The summed E-state index contributed by atoms with van der Waals surface area (Å²) in [7, 11) is 0. The highest BCUT2D eigenvalue weighted by Gasteiger charge is 2.13. The zero-order valence-electron chi connectivity index (χ0n) is 6.97. The monoisotopic (exact) mass is 175 g/mol. The van der Waals surface area contributed by atoms with Crippen LogP contribution >= 0.6 is 0 Å². The van der Waals surface area contributed by atoms with Gasteiger partial charge in [-0.3, -0.25) is 10.0 Å². The Hall–Kier alpha value is -1.61. The molecule has 1 aromatic rings. The quantitative estimate of drug-likeness (QED) is 0.649. The number of ketones is 1. The average molecular weight is 175 g/mol. The molecule has 0 aromatic heterocycles. The van der Waals surface area contributed by atoms with Gasteiger partial charge in [0.25, 0.3) is 0 Å².